The molecular formula is C15H32O2. The maximum atomic E-state index is 10.1. The summed E-state index contributed by atoms with van der Waals surface area (Å²) in [6.45, 7) is 4.33. The van der Waals surface area contributed by atoms with Crippen molar-refractivity contribution >= 4 is 0 Å². The summed E-state index contributed by atoms with van der Waals surface area (Å²) in [5, 5.41) is 10.1. The molecule has 0 saturated carbocycles. The first-order valence-corrected chi connectivity index (χ1v) is 7.46. The normalized spacial score (nSPS) is 14.8. The van der Waals surface area contributed by atoms with E-state index in [4.69, 9.17) is 4.74 Å². The molecule has 0 spiro atoms. The van der Waals surface area contributed by atoms with Crippen LogP contribution in [0.4, 0.5) is 0 Å². The zero-order valence-corrected chi connectivity index (χ0v) is 12.1. The van der Waals surface area contributed by atoms with Gasteiger partial charge in [0.15, 0.2) is 5.79 Å². The molecule has 0 radical (unpaired) electrons. The van der Waals surface area contributed by atoms with E-state index in [1.54, 1.807) is 7.11 Å². The summed E-state index contributed by atoms with van der Waals surface area (Å²) in [7, 11) is 1.61. The van der Waals surface area contributed by atoms with Gasteiger partial charge in [0.2, 0.25) is 0 Å². The number of unbranched alkanes of at least 4 members (excludes halogenated alkanes) is 7. The fraction of sp³-hybridized carbons (Fsp3) is 1.00. The van der Waals surface area contributed by atoms with E-state index in [0.29, 0.717) is 0 Å². The van der Waals surface area contributed by atoms with Crippen molar-refractivity contribution in [3.05, 3.63) is 0 Å². The molecule has 0 aromatic rings. The summed E-state index contributed by atoms with van der Waals surface area (Å²) in [5.74, 6) is -0.864. The standard InChI is InChI=1S/C15H32O2/c1-4-6-7-8-9-10-11-12-14-15(16,17-3)13-5-2/h16H,4-14H2,1-3H3. The molecular weight excluding hydrogens is 212 g/mol. The monoisotopic (exact) mass is 244 g/mol. The Morgan fingerprint density at radius 2 is 1.29 bits per heavy atom. The van der Waals surface area contributed by atoms with Crippen molar-refractivity contribution in [3.8, 4) is 0 Å². The lowest BCUT2D eigenvalue weighted by Gasteiger charge is -2.25. The first-order valence-electron chi connectivity index (χ1n) is 7.46. The van der Waals surface area contributed by atoms with Crippen LogP contribution in [0.3, 0.4) is 0 Å². The summed E-state index contributed by atoms with van der Waals surface area (Å²) in [4.78, 5) is 0. The predicted octanol–water partition coefficient (Wildman–Crippen LogP) is 4.65. The molecule has 1 N–H and O–H groups in total. The highest BCUT2D eigenvalue weighted by Gasteiger charge is 2.23. The Morgan fingerprint density at radius 3 is 1.76 bits per heavy atom. The van der Waals surface area contributed by atoms with Gasteiger partial charge in [-0.3, -0.25) is 0 Å². The van der Waals surface area contributed by atoms with Crippen LogP contribution in [-0.4, -0.2) is 18.0 Å². The summed E-state index contributed by atoms with van der Waals surface area (Å²) < 4.78 is 5.19. The number of methoxy groups -OCH3 is 1. The maximum Gasteiger partial charge on any atom is 0.165 e. The van der Waals surface area contributed by atoms with Crippen LogP contribution in [0.5, 0.6) is 0 Å². The third-order valence-electron chi connectivity index (χ3n) is 3.44. The fourth-order valence-electron chi connectivity index (χ4n) is 2.25. The number of aliphatic hydroxyl groups is 1. The van der Waals surface area contributed by atoms with E-state index in [1.165, 1.54) is 44.9 Å². The Morgan fingerprint density at radius 1 is 0.765 bits per heavy atom. The average Bonchev–Trinajstić information content (AvgIpc) is 2.33. The molecule has 17 heavy (non-hydrogen) atoms. The molecule has 1 unspecified atom stereocenters. The molecule has 0 aliphatic heterocycles. The highest BCUT2D eigenvalue weighted by atomic mass is 16.6. The summed E-state index contributed by atoms with van der Waals surface area (Å²) in [6.07, 6.45) is 12.9. The SMILES string of the molecule is CCCCCCCCCCC(O)(CCC)OC. The Balaban J connectivity index is 3.37. The van der Waals surface area contributed by atoms with E-state index in [2.05, 4.69) is 13.8 Å². The van der Waals surface area contributed by atoms with E-state index < -0.39 is 5.79 Å². The highest BCUT2D eigenvalue weighted by molar-refractivity contribution is 4.66. The maximum absolute atomic E-state index is 10.1. The lowest BCUT2D eigenvalue weighted by atomic mass is 10.0. The van der Waals surface area contributed by atoms with Gasteiger partial charge >= 0.3 is 0 Å². The molecule has 0 saturated heterocycles. The summed E-state index contributed by atoms with van der Waals surface area (Å²) >= 11 is 0. The van der Waals surface area contributed by atoms with E-state index in [0.717, 1.165) is 25.7 Å². The van der Waals surface area contributed by atoms with Gasteiger partial charge in [0.25, 0.3) is 0 Å². The first kappa shape index (κ1) is 16.9. The first-order chi connectivity index (χ1) is 8.18. The van der Waals surface area contributed by atoms with Gasteiger partial charge in [0.1, 0.15) is 0 Å². The summed E-state index contributed by atoms with van der Waals surface area (Å²) in [5.41, 5.74) is 0. The van der Waals surface area contributed by atoms with Crippen LogP contribution >= 0.6 is 0 Å². The smallest absolute Gasteiger partial charge is 0.165 e. The van der Waals surface area contributed by atoms with Gasteiger partial charge in [0.05, 0.1) is 0 Å². The van der Waals surface area contributed by atoms with Gasteiger partial charge in [-0.15, -0.1) is 0 Å². The molecule has 1 atom stereocenters. The van der Waals surface area contributed by atoms with E-state index >= 15 is 0 Å². The van der Waals surface area contributed by atoms with Gasteiger partial charge in [-0.05, 0) is 6.42 Å². The molecule has 0 aromatic heterocycles. The van der Waals surface area contributed by atoms with Gasteiger partial charge in [-0.1, -0.05) is 65.2 Å². The third-order valence-corrected chi connectivity index (χ3v) is 3.44. The molecule has 104 valence electrons. The number of hydrogen-bond acceptors (Lipinski definition) is 2. The quantitative estimate of drug-likeness (QED) is 0.400. The Kier molecular flexibility index (Phi) is 11.0. The number of rotatable bonds is 12. The lowest BCUT2D eigenvalue weighted by Crippen LogP contribution is -2.30. The predicted molar refractivity (Wildman–Crippen MR) is 74.1 cm³/mol. The molecule has 0 fully saturated rings. The van der Waals surface area contributed by atoms with Crippen LogP contribution in [0.15, 0.2) is 0 Å². The zero-order valence-electron chi connectivity index (χ0n) is 12.1. The van der Waals surface area contributed by atoms with E-state index in [1.807, 2.05) is 0 Å². The molecule has 0 aromatic carbocycles. The molecule has 2 heteroatoms. The van der Waals surface area contributed by atoms with Crippen molar-refractivity contribution in [1.82, 2.24) is 0 Å². The fourth-order valence-corrected chi connectivity index (χ4v) is 2.25. The molecule has 0 heterocycles. The molecule has 0 aliphatic rings. The van der Waals surface area contributed by atoms with Crippen molar-refractivity contribution in [2.24, 2.45) is 0 Å². The largest absolute Gasteiger partial charge is 0.365 e. The van der Waals surface area contributed by atoms with Crippen LogP contribution in [0.1, 0.15) is 84.5 Å². The van der Waals surface area contributed by atoms with Gasteiger partial charge in [-0.25, -0.2) is 0 Å². The van der Waals surface area contributed by atoms with Crippen LogP contribution < -0.4 is 0 Å². The van der Waals surface area contributed by atoms with Crippen molar-refractivity contribution in [2.45, 2.75) is 90.3 Å². The van der Waals surface area contributed by atoms with E-state index in [-0.39, 0.29) is 0 Å². The van der Waals surface area contributed by atoms with Gasteiger partial charge in [-0.2, -0.15) is 0 Å². The topological polar surface area (TPSA) is 29.5 Å². The molecule has 0 bridgehead atoms. The average molecular weight is 244 g/mol. The molecule has 0 amide bonds. The second kappa shape index (κ2) is 11.0. The molecule has 0 aliphatic carbocycles. The van der Waals surface area contributed by atoms with Crippen molar-refractivity contribution in [2.75, 3.05) is 7.11 Å². The van der Waals surface area contributed by atoms with Gasteiger partial charge in [0, 0.05) is 20.0 Å². The Hall–Kier alpha value is -0.0800. The third kappa shape index (κ3) is 9.61. The second-order valence-corrected chi connectivity index (χ2v) is 5.13. The second-order valence-electron chi connectivity index (χ2n) is 5.13. The van der Waals surface area contributed by atoms with Crippen LogP contribution in [0.2, 0.25) is 0 Å². The number of hydrogen-bond donors (Lipinski definition) is 1. The summed E-state index contributed by atoms with van der Waals surface area (Å²) in [6, 6.07) is 0. The van der Waals surface area contributed by atoms with Crippen LogP contribution in [0.25, 0.3) is 0 Å². The number of ether oxygens (including phenoxy) is 1. The van der Waals surface area contributed by atoms with Crippen molar-refractivity contribution in [3.63, 3.8) is 0 Å². The minimum Gasteiger partial charge on any atom is -0.365 e. The van der Waals surface area contributed by atoms with E-state index in [9.17, 15) is 5.11 Å². The Labute approximate surface area is 108 Å². The van der Waals surface area contributed by atoms with Crippen molar-refractivity contribution < 1.29 is 9.84 Å². The molecule has 0 rings (SSSR count). The van der Waals surface area contributed by atoms with Gasteiger partial charge < -0.3 is 9.84 Å². The van der Waals surface area contributed by atoms with Crippen LogP contribution in [0, 0.1) is 0 Å². The van der Waals surface area contributed by atoms with Crippen LogP contribution in [-0.2, 0) is 4.74 Å². The Bertz CT molecular complexity index is 159. The highest BCUT2D eigenvalue weighted by Crippen LogP contribution is 2.22. The minimum atomic E-state index is -0.864. The lowest BCUT2D eigenvalue weighted by molar-refractivity contribution is -0.194. The minimum absolute atomic E-state index is 0.750. The van der Waals surface area contributed by atoms with Crippen molar-refractivity contribution in [1.29, 1.82) is 0 Å². The molecule has 2 nitrogen and oxygen atoms in total. The zero-order chi connectivity index (χ0) is 13.0.